The van der Waals surface area contributed by atoms with Gasteiger partial charge in [0.05, 0.1) is 0 Å². The van der Waals surface area contributed by atoms with Crippen LogP contribution in [0.25, 0.3) is 0 Å². The van der Waals surface area contributed by atoms with Gasteiger partial charge in [0.25, 0.3) is 0 Å². The lowest BCUT2D eigenvalue weighted by molar-refractivity contribution is -0.141. The van der Waals surface area contributed by atoms with Crippen molar-refractivity contribution in [2.45, 2.75) is 78.0 Å². The maximum absolute atomic E-state index is 14.1. The lowest BCUT2D eigenvalue weighted by atomic mass is 9.99. The highest BCUT2D eigenvalue weighted by Crippen LogP contribution is 2.24. The van der Waals surface area contributed by atoms with E-state index in [1.807, 2.05) is 54.6 Å². The molecule has 0 bridgehead atoms. The lowest BCUT2D eigenvalue weighted by Gasteiger charge is -2.34. The Hall–Kier alpha value is -3.61. The first-order valence-corrected chi connectivity index (χ1v) is 13.4. The van der Waals surface area contributed by atoms with Crippen molar-refractivity contribution < 1.29 is 19.1 Å². The van der Waals surface area contributed by atoms with E-state index in [0.29, 0.717) is 12.1 Å². The zero-order valence-electron chi connectivity index (χ0n) is 23.5. The van der Waals surface area contributed by atoms with Crippen LogP contribution in [0.4, 0.5) is 4.79 Å². The molecular formula is C31H43N3O4. The molecule has 2 unspecified atom stereocenters. The van der Waals surface area contributed by atoms with Crippen LogP contribution in [0.3, 0.4) is 0 Å². The Balaban J connectivity index is 2.48. The highest BCUT2D eigenvalue weighted by molar-refractivity contribution is 5.92. The number of benzene rings is 2. The number of rotatable bonds is 13. The zero-order chi connectivity index (χ0) is 28.1. The van der Waals surface area contributed by atoms with E-state index in [0.717, 1.165) is 30.4 Å². The van der Waals surface area contributed by atoms with Crippen molar-refractivity contribution in [3.8, 4) is 0 Å². The topological polar surface area (TPSA) is 87.7 Å². The molecule has 0 heterocycles. The molecule has 0 fully saturated rings. The van der Waals surface area contributed by atoms with Crippen molar-refractivity contribution in [1.29, 1.82) is 0 Å². The van der Waals surface area contributed by atoms with Gasteiger partial charge in [-0.3, -0.25) is 9.59 Å². The minimum absolute atomic E-state index is 0.127. The normalized spacial score (nSPS) is 12.7. The Labute approximate surface area is 227 Å². The zero-order valence-corrected chi connectivity index (χ0v) is 23.5. The minimum Gasteiger partial charge on any atom is -0.444 e. The second kappa shape index (κ2) is 15.0. The number of nitrogens with zero attached hydrogens (tertiary/aromatic N) is 1. The molecule has 7 nitrogen and oxygen atoms in total. The first kappa shape index (κ1) is 30.6. The molecule has 0 saturated carbocycles. The van der Waals surface area contributed by atoms with Crippen LogP contribution in [-0.4, -0.2) is 47.5 Å². The van der Waals surface area contributed by atoms with Crippen molar-refractivity contribution in [3.05, 3.63) is 83.9 Å². The number of carbonyl (C=O) groups excluding carboxylic acids is 3. The highest BCUT2D eigenvalue weighted by Gasteiger charge is 2.35. The second-order valence-electron chi connectivity index (χ2n) is 10.3. The molecule has 2 N–H and O–H groups in total. The van der Waals surface area contributed by atoms with Gasteiger partial charge in [-0.05, 0) is 50.3 Å². The smallest absolute Gasteiger partial charge is 0.408 e. The van der Waals surface area contributed by atoms with Gasteiger partial charge in [0.2, 0.25) is 11.8 Å². The summed E-state index contributed by atoms with van der Waals surface area (Å²) < 4.78 is 5.46. The van der Waals surface area contributed by atoms with Crippen molar-refractivity contribution in [3.63, 3.8) is 0 Å². The summed E-state index contributed by atoms with van der Waals surface area (Å²) in [6.07, 6.45) is 3.77. The Kier molecular flexibility index (Phi) is 12.1. The molecule has 0 saturated heterocycles. The monoisotopic (exact) mass is 521 g/mol. The Morgan fingerprint density at radius 3 is 2.21 bits per heavy atom. The molecule has 206 valence electrons. The van der Waals surface area contributed by atoms with Crippen molar-refractivity contribution in [1.82, 2.24) is 15.5 Å². The first-order chi connectivity index (χ1) is 18.1. The number of unbranched alkanes of at least 4 members (excludes halogenated alkanes) is 1. The van der Waals surface area contributed by atoms with E-state index in [-0.39, 0.29) is 18.9 Å². The summed E-state index contributed by atoms with van der Waals surface area (Å²) in [5, 5.41) is 5.74. The van der Waals surface area contributed by atoms with Crippen LogP contribution >= 0.6 is 0 Å². The fourth-order valence-corrected chi connectivity index (χ4v) is 4.06. The number of nitrogens with one attached hydrogen (secondary N) is 2. The number of amides is 3. The van der Waals surface area contributed by atoms with Gasteiger partial charge in [-0.15, -0.1) is 6.58 Å². The summed E-state index contributed by atoms with van der Waals surface area (Å²) in [6, 6.07) is 15.3. The predicted octanol–water partition coefficient (Wildman–Crippen LogP) is 5.36. The molecule has 0 aliphatic rings. The summed E-state index contributed by atoms with van der Waals surface area (Å²) in [6.45, 7) is 13.9. The third-order valence-electron chi connectivity index (χ3n) is 5.97. The predicted molar refractivity (Wildman–Crippen MR) is 152 cm³/mol. The first-order valence-electron chi connectivity index (χ1n) is 13.4. The van der Waals surface area contributed by atoms with Crippen molar-refractivity contribution >= 4 is 17.9 Å². The second-order valence-corrected chi connectivity index (χ2v) is 10.3. The fraction of sp³-hybridized carbons (Fsp3) is 0.452. The summed E-state index contributed by atoms with van der Waals surface area (Å²) in [7, 11) is 0. The molecule has 0 aliphatic heterocycles. The molecule has 38 heavy (non-hydrogen) atoms. The van der Waals surface area contributed by atoms with Crippen LogP contribution in [0.1, 0.15) is 70.2 Å². The number of hydrogen-bond donors (Lipinski definition) is 2. The van der Waals surface area contributed by atoms with Gasteiger partial charge in [0.15, 0.2) is 0 Å². The van der Waals surface area contributed by atoms with Crippen LogP contribution in [0, 0.1) is 0 Å². The third kappa shape index (κ3) is 9.69. The van der Waals surface area contributed by atoms with Gasteiger partial charge in [-0.2, -0.15) is 0 Å². The fourth-order valence-electron chi connectivity index (χ4n) is 4.06. The molecule has 0 radical (unpaired) electrons. The quantitative estimate of drug-likeness (QED) is 0.275. The summed E-state index contributed by atoms with van der Waals surface area (Å²) in [5.41, 5.74) is 1.97. The Bertz CT molecular complexity index is 1050. The maximum Gasteiger partial charge on any atom is 0.408 e. The summed E-state index contributed by atoms with van der Waals surface area (Å²) in [4.78, 5) is 41.9. The summed E-state index contributed by atoms with van der Waals surface area (Å²) >= 11 is 0. The average Bonchev–Trinajstić information content (AvgIpc) is 2.87. The van der Waals surface area contributed by atoms with Gasteiger partial charge < -0.3 is 20.3 Å². The number of alkyl carbamates (subject to hydrolysis) is 1. The number of hydrogen-bond acceptors (Lipinski definition) is 4. The Morgan fingerprint density at radius 2 is 1.66 bits per heavy atom. The van der Waals surface area contributed by atoms with Gasteiger partial charge in [-0.1, -0.05) is 80.9 Å². The van der Waals surface area contributed by atoms with E-state index in [1.165, 1.54) is 4.90 Å². The number of ether oxygens (including phenoxy) is 1. The van der Waals surface area contributed by atoms with Gasteiger partial charge in [0, 0.05) is 19.5 Å². The molecule has 3 amide bonds. The molecule has 0 aromatic heterocycles. The van der Waals surface area contributed by atoms with E-state index in [4.69, 9.17) is 4.74 Å². The molecule has 2 aromatic rings. The molecule has 7 heteroatoms. The van der Waals surface area contributed by atoms with Crippen LogP contribution in [0.2, 0.25) is 0 Å². The largest absolute Gasteiger partial charge is 0.444 e. The average molecular weight is 522 g/mol. The molecule has 2 rings (SSSR count). The summed E-state index contributed by atoms with van der Waals surface area (Å²) in [5.74, 6) is -0.663. The number of carbonyl (C=O) groups is 3. The van der Waals surface area contributed by atoms with Crippen LogP contribution in [-0.2, 0) is 27.2 Å². The SMILES string of the molecule is C=CCN(C(=O)C(Cc1ccccc1)NC(=O)OC(C)(C)C)C(C(=O)NCCCC)c1ccc(CC)cc1. The minimum atomic E-state index is -0.951. The van der Waals surface area contributed by atoms with Crippen LogP contribution in [0.15, 0.2) is 67.3 Å². The van der Waals surface area contributed by atoms with Crippen LogP contribution < -0.4 is 10.6 Å². The number of aryl methyl sites for hydroxylation is 1. The Morgan fingerprint density at radius 1 is 1.00 bits per heavy atom. The molecular weight excluding hydrogens is 478 g/mol. The van der Waals surface area contributed by atoms with E-state index in [1.54, 1.807) is 26.8 Å². The van der Waals surface area contributed by atoms with Gasteiger partial charge in [-0.25, -0.2) is 4.79 Å². The maximum atomic E-state index is 14.1. The van der Waals surface area contributed by atoms with E-state index >= 15 is 0 Å². The molecule has 2 aromatic carbocycles. The van der Waals surface area contributed by atoms with E-state index in [9.17, 15) is 14.4 Å². The molecule has 0 aliphatic carbocycles. The molecule has 2 atom stereocenters. The lowest BCUT2D eigenvalue weighted by Crippen LogP contribution is -2.54. The van der Waals surface area contributed by atoms with E-state index in [2.05, 4.69) is 31.1 Å². The highest BCUT2D eigenvalue weighted by atomic mass is 16.6. The van der Waals surface area contributed by atoms with Gasteiger partial charge >= 0.3 is 6.09 Å². The van der Waals surface area contributed by atoms with Gasteiger partial charge in [0.1, 0.15) is 17.7 Å². The molecule has 0 spiro atoms. The third-order valence-corrected chi connectivity index (χ3v) is 5.97. The van der Waals surface area contributed by atoms with E-state index < -0.39 is 29.7 Å². The van der Waals surface area contributed by atoms with Crippen molar-refractivity contribution in [2.24, 2.45) is 0 Å². The van der Waals surface area contributed by atoms with Crippen molar-refractivity contribution in [2.75, 3.05) is 13.1 Å². The van der Waals surface area contributed by atoms with Crippen LogP contribution in [0.5, 0.6) is 0 Å². The standard InChI is InChI=1S/C31H43N3O4/c1-7-10-20-32-28(35)27(25-18-16-23(9-3)17-19-25)34(21-8-2)29(36)26(22-24-14-12-11-13-15-24)33-30(37)38-31(4,5)6/h8,11-19,26-27H,2,7,9-10,20-22H2,1,3-6H3,(H,32,35)(H,33,37).